The fraction of sp³-hybridized carbons (Fsp3) is 0.300. The third-order valence-electron chi connectivity index (χ3n) is 7.08. The van der Waals surface area contributed by atoms with Crippen molar-refractivity contribution >= 4 is 37.0 Å². The molecule has 198 valence electrons. The lowest BCUT2D eigenvalue weighted by Gasteiger charge is -2.26. The molecular weight excluding hydrogens is 518 g/mol. The molecule has 0 N–H and O–H groups in total. The Kier molecular flexibility index (Phi) is 7.83. The van der Waals surface area contributed by atoms with Crippen molar-refractivity contribution in [2.24, 2.45) is 0 Å². The van der Waals surface area contributed by atoms with Crippen LogP contribution in [0.25, 0.3) is 20.5 Å². The number of hydrogen-bond donors (Lipinski definition) is 0. The maximum atomic E-state index is 13.9. The molecule has 5 rings (SSSR count). The van der Waals surface area contributed by atoms with E-state index in [1.807, 2.05) is 42.5 Å². The minimum atomic E-state index is -3.43. The highest BCUT2D eigenvalue weighted by Crippen LogP contribution is 2.41. The van der Waals surface area contributed by atoms with E-state index in [0.29, 0.717) is 17.7 Å². The van der Waals surface area contributed by atoms with Crippen molar-refractivity contribution in [3.63, 3.8) is 0 Å². The quantitative estimate of drug-likeness (QED) is 0.236. The van der Waals surface area contributed by atoms with Crippen molar-refractivity contribution in [3.05, 3.63) is 77.9 Å². The molecule has 0 aliphatic carbocycles. The third-order valence-corrected chi connectivity index (χ3v) is 9.99. The van der Waals surface area contributed by atoms with E-state index in [9.17, 15) is 13.2 Å². The largest absolute Gasteiger partial charge is 0.497 e. The van der Waals surface area contributed by atoms with Gasteiger partial charge >= 0.3 is 0 Å². The minimum absolute atomic E-state index is 0.0823. The second kappa shape index (κ2) is 11.3. The first-order valence-corrected chi connectivity index (χ1v) is 15.2. The van der Waals surface area contributed by atoms with Gasteiger partial charge in [-0.15, -0.1) is 11.3 Å². The number of ketones is 1. The first kappa shape index (κ1) is 26.4. The third kappa shape index (κ3) is 5.48. The number of nitrogens with zero attached hydrogens (tertiary/aromatic N) is 1. The van der Waals surface area contributed by atoms with E-state index in [4.69, 9.17) is 9.47 Å². The molecule has 0 amide bonds. The van der Waals surface area contributed by atoms with Gasteiger partial charge in [-0.05, 0) is 98.2 Å². The van der Waals surface area contributed by atoms with E-state index in [2.05, 4.69) is 4.90 Å². The molecule has 0 saturated carbocycles. The molecule has 0 spiro atoms. The molecule has 4 aromatic rings. The summed E-state index contributed by atoms with van der Waals surface area (Å²) in [5.74, 6) is 1.39. The summed E-state index contributed by atoms with van der Waals surface area (Å²) in [6.07, 6.45) is 3.46. The Labute approximate surface area is 227 Å². The molecule has 0 unspecified atom stereocenters. The van der Waals surface area contributed by atoms with Crippen LogP contribution in [-0.2, 0) is 9.84 Å². The minimum Gasteiger partial charge on any atom is -0.497 e. The number of rotatable bonds is 9. The molecule has 0 bridgehead atoms. The van der Waals surface area contributed by atoms with Crippen molar-refractivity contribution < 1.29 is 22.7 Å². The zero-order chi connectivity index (χ0) is 26.7. The van der Waals surface area contributed by atoms with Crippen LogP contribution >= 0.6 is 11.3 Å². The summed E-state index contributed by atoms with van der Waals surface area (Å²) in [5, 5.41) is 0.838. The molecule has 1 aliphatic heterocycles. The lowest BCUT2D eigenvalue weighted by Crippen LogP contribution is -2.33. The molecule has 1 aliphatic rings. The van der Waals surface area contributed by atoms with Gasteiger partial charge in [0.25, 0.3) is 0 Å². The molecule has 3 aromatic carbocycles. The Morgan fingerprint density at radius 1 is 0.868 bits per heavy atom. The lowest BCUT2D eigenvalue weighted by molar-refractivity contribution is 0.104. The number of piperidine rings is 1. The Morgan fingerprint density at radius 2 is 1.53 bits per heavy atom. The Balaban J connectivity index is 1.46. The van der Waals surface area contributed by atoms with E-state index in [1.54, 1.807) is 38.5 Å². The Hall–Kier alpha value is -3.20. The zero-order valence-electron chi connectivity index (χ0n) is 21.6. The molecule has 2 heterocycles. The van der Waals surface area contributed by atoms with Crippen LogP contribution < -0.4 is 9.47 Å². The number of likely N-dealkylation sites (tertiary alicyclic amines) is 1. The van der Waals surface area contributed by atoms with Crippen molar-refractivity contribution in [1.82, 2.24) is 4.90 Å². The Morgan fingerprint density at radius 3 is 2.18 bits per heavy atom. The van der Waals surface area contributed by atoms with Gasteiger partial charge in [0.1, 0.15) is 11.5 Å². The van der Waals surface area contributed by atoms with Crippen LogP contribution in [0.3, 0.4) is 0 Å². The summed E-state index contributed by atoms with van der Waals surface area (Å²) < 4.78 is 37.6. The van der Waals surface area contributed by atoms with Gasteiger partial charge in [-0.3, -0.25) is 4.79 Å². The number of thiophene rings is 1. The van der Waals surface area contributed by atoms with E-state index in [0.717, 1.165) is 58.0 Å². The fourth-order valence-electron chi connectivity index (χ4n) is 4.88. The maximum Gasteiger partial charge on any atom is 0.195 e. The summed E-state index contributed by atoms with van der Waals surface area (Å²) in [6, 6.07) is 19.7. The number of carbonyl (C=O) groups excluding carboxylic acids is 1. The average Bonchev–Trinajstić information content (AvgIpc) is 3.35. The van der Waals surface area contributed by atoms with Crippen molar-refractivity contribution in [3.8, 4) is 21.9 Å². The number of methoxy groups -OCH3 is 2. The average molecular weight is 550 g/mol. The van der Waals surface area contributed by atoms with Gasteiger partial charge in [0, 0.05) is 32.6 Å². The predicted molar refractivity (Wildman–Crippen MR) is 153 cm³/mol. The van der Waals surface area contributed by atoms with Gasteiger partial charge in [0.2, 0.25) is 0 Å². The smallest absolute Gasteiger partial charge is 0.195 e. The summed E-state index contributed by atoms with van der Waals surface area (Å²) in [6.45, 7) is 2.46. The first-order valence-electron chi connectivity index (χ1n) is 12.7. The molecular formula is C30H31NO5S2. The zero-order valence-corrected chi connectivity index (χ0v) is 23.2. The van der Waals surface area contributed by atoms with Gasteiger partial charge in [-0.2, -0.15) is 0 Å². The summed E-state index contributed by atoms with van der Waals surface area (Å²) >= 11 is 1.53. The van der Waals surface area contributed by atoms with Crippen LogP contribution in [0.1, 0.15) is 35.2 Å². The molecule has 6 nitrogen and oxygen atoms in total. The van der Waals surface area contributed by atoms with E-state index in [-0.39, 0.29) is 16.4 Å². The first-order chi connectivity index (χ1) is 18.4. The highest BCUT2D eigenvalue weighted by atomic mass is 32.2. The number of benzene rings is 3. The van der Waals surface area contributed by atoms with Crippen LogP contribution in [0.15, 0.2) is 71.6 Å². The molecule has 1 saturated heterocycles. The topological polar surface area (TPSA) is 72.9 Å². The normalized spacial score (nSPS) is 14.5. The summed E-state index contributed by atoms with van der Waals surface area (Å²) in [5.41, 5.74) is 1.95. The van der Waals surface area contributed by atoms with Gasteiger partial charge < -0.3 is 14.4 Å². The van der Waals surface area contributed by atoms with Crippen LogP contribution in [-0.4, -0.2) is 58.7 Å². The van der Waals surface area contributed by atoms with E-state index < -0.39 is 9.84 Å². The molecule has 8 heteroatoms. The molecule has 0 atom stereocenters. The fourth-order valence-corrected chi connectivity index (χ4v) is 7.40. The van der Waals surface area contributed by atoms with Gasteiger partial charge in [0.15, 0.2) is 15.6 Å². The summed E-state index contributed by atoms with van der Waals surface area (Å²) in [7, 11) is -0.196. The number of carbonyl (C=O) groups is 1. The van der Waals surface area contributed by atoms with E-state index >= 15 is 0 Å². The van der Waals surface area contributed by atoms with Crippen LogP contribution in [0.2, 0.25) is 0 Å². The van der Waals surface area contributed by atoms with Crippen molar-refractivity contribution in [2.45, 2.75) is 24.2 Å². The van der Waals surface area contributed by atoms with Crippen molar-refractivity contribution in [1.29, 1.82) is 0 Å². The second-order valence-corrected chi connectivity index (χ2v) is 12.6. The van der Waals surface area contributed by atoms with Gasteiger partial charge in [-0.1, -0.05) is 6.42 Å². The van der Waals surface area contributed by atoms with Crippen molar-refractivity contribution in [2.75, 3.05) is 39.6 Å². The van der Waals surface area contributed by atoms with Gasteiger partial charge in [0.05, 0.1) is 24.9 Å². The number of hydrogen-bond acceptors (Lipinski definition) is 7. The monoisotopic (exact) mass is 549 g/mol. The lowest BCUT2D eigenvalue weighted by atomic mass is 9.97. The highest BCUT2D eigenvalue weighted by molar-refractivity contribution is 7.91. The van der Waals surface area contributed by atoms with E-state index in [1.165, 1.54) is 17.8 Å². The van der Waals surface area contributed by atoms with Crippen LogP contribution in [0, 0.1) is 0 Å². The predicted octanol–water partition coefficient (Wildman–Crippen LogP) is 6.08. The van der Waals surface area contributed by atoms with Crippen LogP contribution in [0.4, 0.5) is 0 Å². The molecule has 1 fully saturated rings. The number of fused-ring (bicyclic) bond motifs is 1. The second-order valence-electron chi connectivity index (χ2n) is 9.47. The summed E-state index contributed by atoms with van der Waals surface area (Å²) in [4.78, 5) is 17.2. The standard InChI is InChI=1S/C30H31NO5S2/c1-35-23-10-6-22(7-11-23)30-28(26-15-12-24(36-2)20-27(26)37-30)29(32)21-8-13-25(14-9-21)38(33,34)19-18-31-16-4-3-5-17-31/h6-15,20H,3-5,16-19H2,1-2H3. The number of sulfone groups is 1. The van der Waals surface area contributed by atoms with Gasteiger partial charge in [-0.25, -0.2) is 8.42 Å². The van der Waals surface area contributed by atoms with Crippen LogP contribution in [0.5, 0.6) is 11.5 Å². The molecule has 1 aromatic heterocycles. The number of ether oxygens (including phenoxy) is 2. The maximum absolute atomic E-state index is 13.9. The Bertz CT molecular complexity index is 1530. The highest BCUT2D eigenvalue weighted by Gasteiger charge is 2.23. The SMILES string of the molecule is COc1ccc(-c2sc3cc(OC)ccc3c2C(=O)c2ccc(S(=O)(=O)CCN3CCCCC3)cc2)cc1. The molecule has 38 heavy (non-hydrogen) atoms. The molecule has 0 radical (unpaired) electrons.